The van der Waals surface area contributed by atoms with Gasteiger partial charge in [0.25, 0.3) is 0 Å². The van der Waals surface area contributed by atoms with Crippen LogP contribution in [0.4, 0.5) is 0 Å². The van der Waals surface area contributed by atoms with Crippen LogP contribution in [-0.2, 0) is 29.1 Å². The van der Waals surface area contributed by atoms with Crippen molar-refractivity contribution in [2.75, 3.05) is 6.61 Å². The van der Waals surface area contributed by atoms with Crippen molar-refractivity contribution in [1.82, 2.24) is 15.0 Å². The fourth-order valence-electron chi connectivity index (χ4n) is 3.29. The summed E-state index contributed by atoms with van der Waals surface area (Å²) in [5, 5.41) is 17.5. The molecule has 1 N–H and O–H groups in total. The molecular formula is C22H27N3O3. The van der Waals surface area contributed by atoms with E-state index in [1.165, 1.54) is 5.56 Å². The van der Waals surface area contributed by atoms with Crippen molar-refractivity contribution in [3.63, 3.8) is 0 Å². The van der Waals surface area contributed by atoms with Gasteiger partial charge in [0.2, 0.25) is 0 Å². The van der Waals surface area contributed by atoms with E-state index in [0.29, 0.717) is 13.0 Å². The van der Waals surface area contributed by atoms with Gasteiger partial charge in [-0.3, -0.25) is 4.79 Å². The highest BCUT2D eigenvalue weighted by molar-refractivity contribution is 5.79. The second-order valence-electron chi connectivity index (χ2n) is 7.02. The molecule has 148 valence electrons. The summed E-state index contributed by atoms with van der Waals surface area (Å²) in [4.78, 5) is 10.8. The average molecular weight is 381 g/mol. The van der Waals surface area contributed by atoms with Gasteiger partial charge in [-0.15, -0.1) is 5.10 Å². The Kier molecular flexibility index (Phi) is 7.14. The molecule has 0 aliphatic heterocycles. The second kappa shape index (κ2) is 9.99. The first-order valence-corrected chi connectivity index (χ1v) is 9.80. The topological polar surface area (TPSA) is 77.2 Å². The Labute approximate surface area is 165 Å². The summed E-state index contributed by atoms with van der Waals surface area (Å²) in [6.07, 6.45) is 3.77. The molecule has 0 unspecified atom stereocenters. The highest BCUT2D eigenvalue weighted by Gasteiger charge is 2.11. The lowest BCUT2D eigenvalue weighted by Crippen LogP contribution is -2.02. The number of hydrogen-bond donors (Lipinski definition) is 1. The summed E-state index contributed by atoms with van der Waals surface area (Å²) in [6.45, 7) is 4.24. The van der Waals surface area contributed by atoms with Gasteiger partial charge in [0.1, 0.15) is 5.52 Å². The normalized spacial score (nSPS) is 11.2. The first-order valence-electron chi connectivity index (χ1n) is 9.80. The van der Waals surface area contributed by atoms with Gasteiger partial charge in [-0.2, -0.15) is 0 Å². The van der Waals surface area contributed by atoms with Gasteiger partial charge < -0.3 is 9.84 Å². The van der Waals surface area contributed by atoms with E-state index in [9.17, 15) is 4.79 Å². The summed E-state index contributed by atoms with van der Waals surface area (Å²) in [6, 6.07) is 14.2. The van der Waals surface area contributed by atoms with Crippen molar-refractivity contribution in [2.24, 2.45) is 0 Å². The molecule has 0 radical (unpaired) electrons. The van der Waals surface area contributed by atoms with Gasteiger partial charge in [0, 0.05) is 19.6 Å². The molecule has 28 heavy (non-hydrogen) atoms. The third-order valence-corrected chi connectivity index (χ3v) is 4.93. The minimum Gasteiger partial charge on any atom is -0.481 e. The van der Waals surface area contributed by atoms with Crippen LogP contribution in [0, 0.1) is 6.92 Å². The molecule has 6 heteroatoms. The number of benzene rings is 2. The smallest absolute Gasteiger partial charge is 0.303 e. The van der Waals surface area contributed by atoms with Crippen LogP contribution in [0.25, 0.3) is 11.0 Å². The van der Waals surface area contributed by atoms with Crippen molar-refractivity contribution in [1.29, 1.82) is 0 Å². The second-order valence-corrected chi connectivity index (χ2v) is 7.02. The molecule has 1 heterocycles. The van der Waals surface area contributed by atoms with E-state index in [2.05, 4.69) is 22.4 Å². The standard InChI is InChI=1S/C22H27N3O3/c1-17-19(11-13-21(26)27)10-12-20-22(17)23-24-25(20)14-6-3-7-15-28-16-18-8-4-2-5-9-18/h2,4-5,8-10,12H,3,6-7,11,13-16H2,1H3,(H,26,27). The van der Waals surface area contributed by atoms with Crippen LogP contribution in [-0.4, -0.2) is 32.7 Å². The monoisotopic (exact) mass is 381 g/mol. The van der Waals surface area contributed by atoms with Crippen molar-refractivity contribution in [3.05, 3.63) is 59.2 Å². The van der Waals surface area contributed by atoms with E-state index in [0.717, 1.165) is 54.6 Å². The number of hydrogen-bond acceptors (Lipinski definition) is 4. The summed E-state index contributed by atoms with van der Waals surface area (Å²) in [5.41, 5.74) is 5.14. The zero-order chi connectivity index (χ0) is 19.8. The Morgan fingerprint density at radius 3 is 2.71 bits per heavy atom. The van der Waals surface area contributed by atoms with Crippen LogP contribution < -0.4 is 0 Å². The van der Waals surface area contributed by atoms with Crippen LogP contribution in [0.15, 0.2) is 42.5 Å². The highest BCUT2D eigenvalue weighted by Crippen LogP contribution is 2.21. The number of aryl methyl sites for hydroxylation is 3. The molecular weight excluding hydrogens is 354 g/mol. The molecule has 0 amide bonds. The lowest BCUT2D eigenvalue weighted by Gasteiger charge is -2.07. The molecule has 1 aromatic heterocycles. The first kappa shape index (κ1) is 20.0. The van der Waals surface area contributed by atoms with Crippen molar-refractivity contribution in [3.8, 4) is 0 Å². The van der Waals surface area contributed by atoms with Gasteiger partial charge in [-0.05, 0) is 55.4 Å². The van der Waals surface area contributed by atoms with Gasteiger partial charge in [-0.25, -0.2) is 4.68 Å². The number of rotatable bonds is 11. The lowest BCUT2D eigenvalue weighted by atomic mass is 10.0. The summed E-state index contributed by atoms with van der Waals surface area (Å²) >= 11 is 0. The van der Waals surface area contributed by atoms with Crippen molar-refractivity contribution < 1.29 is 14.6 Å². The Balaban J connectivity index is 1.43. The summed E-state index contributed by atoms with van der Waals surface area (Å²) in [5.74, 6) is -0.782. The zero-order valence-electron chi connectivity index (χ0n) is 16.3. The minimum absolute atomic E-state index is 0.132. The van der Waals surface area contributed by atoms with E-state index in [4.69, 9.17) is 9.84 Å². The van der Waals surface area contributed by atoms with E-state index >= 15 is 0 Å². The van der Waals surface area contributed by atoms with Crippen LogP contribution in [0.1, 0.15) is 42.4 Å². The molecule has 0 fully saturated rings. The largest absolute Gasteiger partial charge is 0.481 e. The summed E-state index contributed by atoms with van der Waals surface area (Å²) in [7, 11) is 0. The number of carbonyl (C=O) groups is 1. The molecule has 0 saturated heterocycles. The fourth-order valence-corrected chi connectivity index (χ4v) is 3.29. The Hall–Kier alpha value is -2.73. The third-order valence-electron chi connectivity index (χ3n) is 4.93. The highest BCUT2D eigenvalue weighted by atomic mass is 16.5. The molecule has 3 rings (SSSR count). The van der Waals surface area contributed by atoms with Crippen LogP contribution in [0.5, 0.6) is 0 Å². The van der Waals surface area contributed by atoms with Gasteiger partial charge in [0.05, 0.1) is 12.1 Å². The predicted octanol–water partition coefficient (Wildman–Crippen LogP) is 4.14. The Morgan fingerprint density at radius 1 is 1.11 bits per heavy atom. The molecule has 0 bridgehead atoms. The van der Waals surface area contributed by atoms with Gasteiger partial charge in [0.15, 0.2) is 0 Å². The third kappa shape index (κ3) is 5.39. The maximum absolute atomic E-state index is 10.8. The summed E-state index contributed by atoms with van der Waals surface area (Å²) < 4.78 is 7.66. The Morgan fingerprint density at radius 2 is 1.93 bits per heavy atom. The van der Waals surface area contributed by atoms with Crippen LogP contribution >= 0.6 is 0 Å². The quantitative estimate of drug-likeness (QED) is 0.505. The number of unbranched alkanes of at least 4 members (excludes halogenated alkanes) is 2. The first-order chi connectivity index (χ1) is 13.6. The van der Waals surface area contributed by atoms with Crippen molar-refractivity contribution in [2.45, 2.75) is 52.2 Å². The van der Waals surface area contributed by atoms with Crippen LogP contribution in [0.3, 0.4) is 0 Å². The van der Waals surface area contributed by atoms with E-state index < -0.39 is 5.97 Å². The number of fused-ring (bicyclic) bond motifs is 1. The van der Waals surface area contributed by atoms with Gasteiger partial charge >= 0.3 is 5.97 Å². The lowest BCUT2D eigenvalue weighted by molar-refractivity contribution is -0.136. The molecule has 0 atom stereocenters. The predicted molar refractivity (Wildman–Crippen MR) is 108 cm³/mol. The number of ether oxygens (including phenoxy) is 1. The van der Waals surface area contributed by atoms with Crippen molar-refractivity contribution >= 4 is 17.0 Å². The van der Waals surface area contributed by atoms with E-state index in [-0.39, 0.29) is 6.42 Å². The number of carboxylic acid groups (broad SMARTS) is 1. The average Bonchev–Trinajstić information content (AvgIpc) is 3.11. The fraction of sp³-hybridized carbons (Fsp3) is 0.409. The van der Waals surface area contributed by atoms with E-state index in [1.54, 1.807) is 0 Å². The molecule has 0 spiro atoms. The molecule has 0 aliphatic rings. The molecule has 6 nitrogen and oxygen atoms in total. The maximum Gasteiger partial charge on any atom is 0.303 e. The SMILES string of the molecule is Cc1c(CCC(=O)O)ccc2c1nnn2CCCCCOCc1ccccc1. The number of aliphatic carboxylic acids is 1. The number of carboxylic acids is 1. The van der Waals surface area contributed by atoms with Gasteiger partial charge in [-0.1, -0.05) is 41.6 Å². The van der Waals surface area contributed by atoms with E-state index in [1.807, 2.05) is 41.9 Å². The Bertz CT molecular complexity index is 906. The molecule has 0 saturated carbocycles. The zero-order valence-corrected chi connectivity index (χ0v) is 16.3. The molecule has 3 aromatic rings. The molecule has 0 aliphatic carbocycles. The number of aromatic nitrogens is 3. The number of nitrogens with zero attached hydrogens (tertiary/aromatic N) is 3. The minimum atomic E-state index is -0.782. The van der Waals surface area contributed by atoms with Crippen LogP contribution in [0.2, 0.25) is 0 Å². The molecule has 2 aromatic carbocycles. The maximum atomic E-state index is 10.8.